The number of hydrogen-bond donors (Lipinski definition) is 2. The van der Waals surface area contributed by atoms with Gasteiger partial charge in [-0.3, -0.25) is 20.0 Å². The Morgan fingerprint density at radius 3 is 2.88 bits per heavy atom. The maximum Gasteiger partial charge on any atom is 0.293 e. The number of hydrogen-bond acceptors (Lipinski definition) is 7. The van der Waals surface area contributed by atoms with Gasteiger partial charge in [0.1, 0.15) is 5.69 Å². The quantitative estimate of drug-likeness (QED) is 0.377. The van der Waals surface area contributed by atoms with Gasteiger partial charge in [0.2, 0.25) is 11.1 Å². The molecule has 0 atom stereocenters. The van der Waals surface area contributed by atoms with Crippen molar-refractivity contribution in [1.29, 1.82) is 0 Å². The number of aryl methyl sites for hydroxylation is 1. The summed E-state index contributed by atoms with van der Waals surface area (Å²) >= 11 is 2.70. The van der Waals surface area contributed by atoms with Crippen LogP contribution in [0.25, 0.3) is 10.7 Å². The number of anilines is 1. The molecule has 1 amide bonds. The van der Waals surface area contributed by atoms with Crippen LogP contribution in [0.15, 0.2) is 34.8 Å². The zero-order valence-electron chi connectivity index (χ0n) is 14.0. The van der Waals surface area contributed by atoms with Crippen LogP contribution >= 0.6 is 23.1 Å². The van der Waals surface area contributed by atoms with Gasteiger partial charge in [-0.25, -0.2) is 4.98 Å². The summed E-state index contributed by atoms with van der Waals surface area (Å²) in [5, 5.41) is 23.1. The summed E-state index contributed by atoms with van der Waals surface area (Å²) in [6.45, 7) is 3.58. The first-order chi connectivity index (χ1) is 12.5. The summed E-state index contributed by atoms with van der Waals surface area (Å²) in [5.41, 5.74) is 1.66. The third-order valence-electron chi connectivity index (χ3n) is 3.73. The van der Waals surface area contributed by atoms with Crippen LogP contribution in [0.1, 0.15) is 11.1 Å². The molecule has 2 aromatic heterocycles. The number of nitrogens with one attached hydrogen (secondary N) is 2. The van der Waals surface area contributed by atoms with Crippen molar-refractivity contribution in [2.24, 2.45) is 0 Å². The first-order valence-electron chi connectivity index (χ1n) is 7.59. The van der Waals surface area contributed by atoms with E-state index in [1.165, 1.54) is 17.4 Å². The highest BCUT2D eigenvalue weighted by atomic mass is 32.2. The van der Waals surface area contributed by atoms with E-state index in [0.29, 0.717) is 16.5 Å². The van der Waals surface area contributed by atoms with Crippen LogP contribution in [0.5, 0.6) is 0 Å². The Labute approximate surface area is 157 Å². The maximum absolute atomic E-state index is 12.2. The summed E-state index contributed by atoms with van der Waals surface area (Å²) in [7, 11) is 0. The Morgan fingerprint density at radius 2 is 2.19 bits per heavy atom. The van der Waals surface area contributed by atoms with Gasteiger partial charge in [0.25, 0.3) is 5.69 Å². The zero-order valence-corrected chi connectivity index (χ0v) is 15.6. The molecule has 10 heteroatoms. The Hall–Kier alpha value is -2.72. The van der Waals surface area contributed by atoms with Gasteiger partial charge >= 0.3 is 0 Å². The van der Waals surface area contributed by atoms with Crippen LogP contribution in [0.3, 0.4) is 0 Å². The summed E-state index contributed by atoms with van der Waals surface area (Å²) < 4.78 is 0. The molecular weight excluding hydrogens is 374 g/mol. The lowest BCUT2D eigenvalue weighted by Gasteiger charge is -2.10. The number of nitrogens with zero attached hydrogens (tertiary/aromatic N) is 3. The van der Waals surface area contributed by atoms with E-state index in [0.717, 1.165) is 22.2 Å². The molecule has 0 radical (unpaired) electrons. The van der Waals surface area contributed by atoms with Gasteiger partial charge in [-0.1, -0.05) is 23.9 Å². The fourth-order valence-corrected chi connectivity index (χ4v) is 3.51. The van der Waals surface area contributed by atoms with Crippen molar-refractivity contribution >= 4 is 40.4 Å². The average molecular weight is 389 g/mol. The summed E-state index contributed by atoms with van der Waals surface area (Å²) in [6, 6.07) is 6.90. The first-order valence-corrected chi connectivity index (χ1v) is 9.45. The second-order valence-corrected chi connectivity index (χ2v) is 7.33. The van der Waals surface area contributed by atoms with Gasteiger partial charge in [-0.15, -0.1) is 16.4 Å². The molecule has 0 bridgehead atoms. The van der Waals surface area contributed by atoms with Crippen LogP contribution in [0.2, 0.25) is 0 Å². The molecule has 2 N–H and O–H groups in total. The number of rotatable bonds is 6. The molecular formula is C16H15N5O3S2. The minimum Gasteiger partial charge on any atom is -0.319 e. The number of H-pyrrole nitrogens is 1. The number of nitro benzene ring substituents is 1. The number of carbonyl (C=O) groups is 1. The highest BCUT2D eigenvalue weighted by Gasteiger charge is 2.19. The molecule has 0 unspecified atom stereocenters. The van der Waals surface area contributed by atoms with E-state index in [1.807, 2.05) is 24.4 Å². The normalized spacial score (nSPS) is 10.7. The summed E-state index contributed by atoms with van der Waals surface area (Å²) in [5.74, 6) is 0.342. The van der Waals surface area contributed by atoms with E-state index in [9.17, 15) is 14.9 Å². The molecule has 0 aliphatic rings. The highest BCUT2D eigenvalue weighted by molar-refractivity contribution is 7.99. The second kappa shape index (κ2) is 7.67. The SMILES string of the molecule is Cc1ccc([N+](=O)[O-])c(NC(=O)CSc2n[nH]c(-c3cccs3)n2)c1C. The number of benzene rings is 1. The van der Waals surface area contributed by atoms with E-state index < -0.39 is 4.92 Å². The molecule has 0 aliphatic carbocycles. The lowest BCUT2D eigenvalue weighted by molar-refractivity contribution is -0.384. The zero-order chi connectivity index (χ0) is 18.7. The molecule has 3 aromatic rings. The number of carbonyl (C=O) groups excluding carboxylic acids is 1. The number of amides is 1. The van der Waals surface area contributed by atoms with Crippen molar-refractivity contribution in [3.8, 4) is 10.7 Å². The van der Waals surface area contributed by atoms with Crippen LogP contribution in [-0.2, 0) is 4.79 Å². The molecule has 0 spiro atoms. The van der Waals surface area contributed by atoms with Crippen molar-refractivity contribution in [3.05, 3.63) is 50.9 Å². The predicted molar refractivity (Wildman–Crippen MR) is 102 cm³/mol. The summed E-state index contributed by atoms with van der Waals surface area (Å²) in [4.78, 5) is 28.2. The smallest absolute Gasteiger partial charge is 0.293 e. The van der Waals surface area contributed by atoms with Crippen LogP contribution in [-0.4, -0.2) is 31.8 Å². The Bertz CT molecular complexity index is 953. The fraction of sp³-hybridized carbons (Fsp3) is 0.188. The predicted octanol–water partition coefficient (Wildman–Crippen LogP) is 3.79. The highest BCUT2D eigenvalue weighted by Crippen LogP contribution is 2.30. The Morgan fingerprint density at radius 1 is 1.38 bits per heavy atom. The van der Waals surface area contributed by atoms with Crippen LogP contribution in [0.4, 0.5) is 11.4 Å². The van der Waals surface area contributed by atoms with E-state index in [1.54, 1.807) is 13.0 Å². The Balaban J connectivity index is 1.67. The fourth-order valence-electron chi connectivity index (χ4n) is 2.25. The van der Waals surface area contributed by atoms with Gasteiger partial charge < -0.3 is 5.32 Å². The third-order valence-corrected chi connectivity index (χ3v) is 5.45. The monoisotopic (exact) mass is 389 g/mol. The van der Waals surface area contributed by atoms with E-state index in [4.69, 9.17) is 0 Å². The summed E-state index contributed by atoms with van der Waals surface area (Å²) in [6.07, 6.45) is 0. The first kappa shape index (κ1) is 18.1. The second-order valence-electron chi connectivity index (χ2n) is 5.44. The van der Waals surface area contributed by atoms with E-state index >= 15 is 0 Å². The molecule has 8 nitrogen and oxygen atoms in total. The third kappa shape index (κ3) is 3.92. The number of aromatic amines is 1. The molecule has 0 aliphatic heterocycles. The number of thiophene rings is 1. The molecule has 3 rings (SSSR count). The molecule has 0 fully saturated rings. The topological polar surface area (TPSA) is 114 Å². The van der Waals surface area contributed by atoms with Crippen molar-refractivity contribution in [2.75, 3.05) is 11.1 Å². The van der Waals surface area contributed by atoms with Crippen LogP contribution in [0, 0.1) is 24.0 Å². The van der Waals surface area contributed by atoms with E-state index in [-0.39, 0.29) is 23.0 Å². The molecule has 1 aromatic carbocycles. The van der Waals surface area contributed by atoms with Crippen molar-refractivity contribution < 1.29 is 9.72 Å². The molecule has 0 saturated carbocycles. The lowest BCUT2D eigenvalue weighted by atomic mass is 10.1. The van der Waals surface area contributed by atoms with Crippen molar-refractivity contribution in [3.63, 3.8) is 0 Å². The Kier molecular flexibility index (Phi) is 5.33. The number of aromatic nitrogens is 3. The van der Waals surface area contributed by atoms with Gasteiger partial charge in [-0.05, 0) is 36.4 Å². The van der Waals surface area contributed by atoms with Crippen molar-refractivity contribution in [1.82, 2.24) is 15.2 Å². The standard InChI is InChI=1S/C16H15N5O3S2/c1-9-5-6-11(21(23)24)14(10(9)2)17-13(22)8-26-16-18-15(19-20-16)12-4-3-7-25-12/h3-7H,8H2,1-2H3,(H,17,22)(H,18,19,20). The molecule has 26 heavy (non-hydrogen) atoms. The van der Waals surface area contributed by atoms with Gasteiger partial charge in [-0.2, -0.15) is 0 Å². The largest absolute Gasteiger partial charge is 0.319 e. The molecule has 134 valence electrons. The van der Waals surface area contributed by atoms with Gasteiger partial charge in [0.15, 0.2) is 5.82 Å². The van der Waals surface area contributed by atoms with Gasteiger partial charge in [0, 0.05) is 6.07 Å². The lowest BCUT2D eigenvalue weighted by Crippen LogP contribution is -2.16. The molecule has 2 heterocycles. The molecule has 0 saturated heterocycles. The van der Waals surface area contributed by atoms with Gasteiger partial charge in [0.05, 0.1) is 15.6 Å². The van der Waals surface area contributed by atoms with Crippen LogP contribution < -0.4 is 5.32 Å². The van der Waals surface area contributed by atoms with E-state index in [2.05, 4.69) is 20.5 Å². The number of nitro groups is 1. The minimum atomic E-state index is -0.502. The maximum atomic E-state index is 12.2. The van der Waals surface area contributed by atoms with Crippen molar-refractivity contribution in [2.45, 2.75) is 19.0 Å². The average Bonchev–Trinajstić information content (AvgIpc) is 3.28. The minimum absolute atomic E-state index is 0.0479. The number of thioether (sulfide) groups is 1.